The second kappa shape index (κ2) is 10.9. The molecule has 2 heterocycles. The minimum Gasteiger partial charge on any atom is -0.490 e. The molecule has 9 heteroatoms. The van der Waals surface area contributed by atoms with Gasteiger partial charge in [0.1, 0.15) is 54.3 Å². The number of benzene rings is 3. The largest absolute Gasteiger partial charge is 0.490 e. The summed E-state index contributed by atoms with van der Waals surface area (Å²) in [6.45, 7) is 2.05. The van der Waals surface area contributed by atoms with Crippen molar-refractivity contribution in [2.75, 3.05) is 13.2 Å². The predicted molar refractivity (Wildman–Crippen MR) is 137 cm³/mol. The molecule has 1 fully saturated rings. The summed E-state index contributed by atoms with van der Waals surface area (Å²) in [5.74, 6) is 0.377. The van der Waals surface area contributed by atoms with Crippen LogP contribution in [-0.4, -0.2) is 58.1 Å². The molecule has 0 aliphatic carbocycles. The van der Waals surface area contributed by atoms with Crippen LogP contribution in [0.3, 0.4) is 0 Å². The van der Waals surface area contributed by atoms with Crippen LogP contribution in [0, 0.1) is 5.82 Å². The van der Waals surface area contributed by atoms with Crippen molar-refractivity contribution < 1.29 is 39.0 Å². The standard InChI is InChI=1S/C29H30ClFO7/c1-29(22-8-5-20(31)12-19(22)14-37-29)15-36-21-6-2-16(3-7-21)10-18-11-17(4-9-23(18)30)28-27(35)26(34)25(33)24(13-32)38-28/h2-9,11-12,24-28,32-35H,10,13-15H2,1H3/t24-,25-,26+,27-,28+,29?/m1/s1. The highest BCUT2D eigenvalue weighted by atomic mass is 35.5. The second-order valence-corrected chi connectivity index (χ2v) is 10.4. The third-order valence-electron chi connectivity index (χ3n) is 7.31. The zero-order chi connectivity index (χ0) is 27.0. The van der Waals surface area contributed by atoms with Crippen LogP contribution in [0.4, 0.5) is 4.39 Å². The van der Waals surface area contributed by atoms with Crippen LogP contribution < -0.4 is 4.74 Å². The summed E-state index contributed by atoms with van der Waals surface area (Å²) in [7, 11) is 0. The number of ether oxygens (including phenoxy) is 3. The first-order valence-electron chi connectivity index (χ1n) is 12.4. The molecule has 3 aromatic rings. The molecule has 0 spiro atoms. The van der Waals surface area contributed by atoms with Gasteiger partial charge in [0, 0.05) is 5.02 Å². The normalized spacial score (nSPS) is 28.8. The van der Waals surface area contributed by atoms with Crippen LogP contribution in [0.2, 0.25) is 5.02 Å². The van der Waals surface area contributed by atoms with Crippen LogP contribution in [-0.2, 0) is 28.1 Å². The van der Waals surface area contributed by atoms with Crippen LogP contribution in [0.5, 0.6) is 5.75 Å². The van der Waals surface area contributed by atoms with Gasteiger partial charge in [-0.1, -0.05) is 41.9 Å². The maximum Gasteiger partial charge on any atom is 0.125 e. The van der Waals surface area contributed by atoms with E-state index >= 15 is 0 Å². The fraction of sp³-hybridized carbons (Fsp3) is 0.379. The van der Waals surface area contributed by atoms with Crippen LogP contribution in [0.1, 0.15) is 40.8 Å². The van der Waals surface area contributed by atoms with Crippen molar-refractivity contribution in [3.05, 3.63) is 99.3 Å². The van der Waals surface area contributed by atoms with Crippen molar-refractivity contribution in [2.24, 2.45) is 0 Å². The van der Waals surface area contributed by atoms with Crippen LogP contribution in [0.25, 0.3) is 0 Å². The summed E-state index contributed by atoms with van der Waals surface area (Å²) in [5.41, 5.74) is 3.41. The molecule has 4 N–H and O–H groups in total. The SMILES string of the molecule is CC1(COc2ccc(Cc3cc([C@@H]4O[C@H](CO)[C@@H](O)[C@H](O)[C@H]4O)ccc3Cl)cc2)OCc2cc(F)ccc21. The molecule has 7 nitrogen and oxygen atoms in total. The average Bonchev–Trinajstić information content (AvgIpc) is 3.24. The summed E-state index contributed by atoms with van der Waals surface area (Å²) in [6, 6.07) is 17.4. The number of hydrogen-bond donors (Lipinski definition) is 4. The highest BCUT2D eigenvalue weighted by molar-refractivity contribution is 6.31. The van der Waals surface area contributed by atoms with E-state index in [9.17, 15) is 24.8 Å². The maximum atomic E-state index is 13.5. The quantitative estimate of drug-likeness (QED) is 0.361. The summed E-state index contributed by atoms with van der Waals surface area (Å²) in [4.78, 5) is 0. The number of rotatable bonds is 7. The number of halogens is 2. The lowest BCUT2D eigenvalue weighted by atomic mass is 9.90. The highest BCUT2D eigenvalue weighted by Crippen LogP contribution is 2.37. The Morgan fingerprint density at radius 3 is 2.50 bits per heavy atom. The molecule has 0 bridgehead atoms. The van der Waals surface area contributed by atoms with Crippen LogP contribution in [0.15, 0.2) is 60.7 Å². The topological polar surface area (TPSA) is 109 Å². The Kier molecular flexibility index (Phi) is 7.75. The fourth-order valence-electron chi connectivity index (χ4n) is 5.06. The number of aliphatic hydroxyl groups excluding tert-OH is 4. The Hall–Kier alpha value is -2.56. The summed E-state index contributed by atoms with van der Waals surface area (Å²) < 4.78 is 31.1. The molecule has 5 rings (SSSR count). The van der Waals surface area contributed by atoms with E-state index in [4.69, 9.17) is 25.8 Å². The molecule has 0 saturated carbocycles. The van der Waals surface area contributed by atoms with E-state index < -0.39 is 42.7 Å². The Balaban J connectivity index is 1.26. The van der Waals surface area contributed by atoms with E-state index in [-0.39, 0.29) is 12.4 Å². The lowest BCUT2D eigenvalue weighted by Crippen LogP contribution is -2.55. The van der Waals surface area contributed by atoms with E-state index in [0.717, 1.165) is 22.3 Å². The summed E-state index contributed by atoms with van der Waals surface area (Å²) in [6.07, 6.45) is -5.67. The van der Waals surface area contributed by atoms with Gasteiger partial charge in [-0.3, -0.25) is 0 Å². The highest BCUT2D eigenvalue weighted by Gasteiger charge is 2.44. The van der Waals surface area contributed by atoms with Gasteiger partial charge in [0.15, 0.2) is 0 Å². The minimum atomic E-state index is -1.45. The number of fused-ring (bicyclic) bond motifs is 1. The fourth-order valence-corrected chi connectivity index (χ4v) is 5.24. The van der Waals surface area contributed by atoms with Crippen molar-refractivity contribution in [1.82, 2.24) is 0 Å². The smallest absolute Gasteiger partial charge is 0.125 e. The van der Waals surface area contributed by atoms with Gasteiger partial charge in [0.2, 0.25) is 0 Å². The zero-order valence-corrected chi connectivity index (χ0v) is 21.5. The number of aliphatic hydroxyl groups is 4. The number of hydrogen-bond acceptors (Lipinski definition) is 7. The Bertz CT molecular complexity index is 1280. The molecule has 202 valence electrons. The summed E-state index contributed by atoms with van der Waals surface area (Å²) >= 11 is 6.45. The van der Waals surface area contributed by atoms with Crippen molar-refractivity contribution in [3.8, 4) is 5.75 Å². The molecule has 2 aliphatic rings. The zero-order valence-electron chi connectivity index (χ0n) is 20.8. The Labute approximate surface area is 225 Å². The Morgan fingerprint density at radius 1 is 1.00 bits per heavy atom. The van der Waals surface area contributed by atoms with Gasteiger partial charge in [-0.15, -0.1) is 0 Å². The molecule has 0 amide bonds. The van der Waals surface area contributed by atoms with Crippen molar-refractivity contribution in [3.63, 3.8) is 0 Å². The molecule has 6 atom stereocenters. The first-order chi connectivity index (χ1) is 18.2. The van der Waals surface area contributed by atoms with Gasteiger partial charge in [0.25, 0.3) is 0 Å². The molecule has 0 radical (unpaired) electrons. The van der Waals surface area contributed by atoms with Crippen LogP contribution >= 0.6 is 11.6 Å². The molecule has 1 unspecified atom stereocenters. The molecule has 2 aliphatic heterocycles. The van der Waals surface area contributed by atoms with Gasteiger partial charge in [-0.2, -0.15) is 0 Å². The monoisotopic (exact) mass is 544 g/mol. The van der Waals surface area contributed by atoms with E-state index in [2.05, 4.69) is 0 Å². The molecule has 3 aromatic carbocycles. The van der Waals surface area contributed by atoms with E-state index in [1.54, 1.807) is 24.3 Å². The van der Waals surface area contributed by atoms with Gasteiger partial charge >= 0.3 is 0 Å². The lowest BCUT2D eigenvalue weighted by Gasteiger charge is -2.40. The summed E-state index contributed by atoms with van der Waals surface area (Å²) in [5, 5.41) is 40.7. The average molecular weight is 545 g/mol. The van der Waals surface area contributed by atoms with E-state index in [0.29, 0.717) is 29.4 Å². The minimum absolute atomic E-state index is 0.276. The molecule has 38 heavy (non-hydrogen) atoms. The third kappa shape index (κ3) is 5.31. The Morgan fingerprint density at radius 2 is 1.76 bits per heavy atom. The molecule has 1 saturated heterocycles. The van der Waals surface area contributed by atoms with Gasteiger partial charge in [-0.05, 0) is 71.5 Å². The first-order valence-corrected chi connectivity index (χ1v) is 12.8. The van der Waals surface area contributed by atoms with Crippen molar-refractivity contribution in [2.45, 2.75) is 56.1 Å². The van der Waals surface area contributed by atoms with Gasteiger partial charge in [-0.25, -0.2) is 4.39 Å². The third-order valence-corrected chi connectivity index (χ3v) is 7.67. The van der Waals surface area contributed by atoms with E-state index in [1.807, 2.05) is 31.2 Å². The van der Waals surface area contributed by atoms with Crippen molar-refractivity contribution >= 4 is 11.6 Å². The molecular formula is C29H30ClFO7. The lowest BCUT2D eigenvalue weighted by molar-refractivity contribution is -0.231. The second-order valence-electron chi connectivity index (χ2n) is 10.0. The van der Waals surface area contributed by atoms with Gasteiger partial charge in [0.05, 0.1) is 13.2 Å². The van der Waals surface area contributed by atoms with Crippen molar-refractivity contribution in [1.29, 1.82) is 0 Å². The van der Waals surface area contributed by atoms with E-state index in [1.165, 1.54) is 12.1 Å². The van der Waals surface area contributed by atoms with Gasteiger partial charge < -0.3 is 34.6 Å². The first kappa shape index (κ1) is 27.0. The molecular weight excluding hydrogens is 515 g/mol. The maximum absolute atomic E-state index is 13.5. The molecule has 0 aromatic heterocycles. The predicted octanol–water partition coefficient (Wildman–Crippen LogP) is 3.41.